The summed E-state index contributed by atoms with van der Waals surface area (Å²) in [5.41, 5.74) is 4.96. The molecule has 0 bridgehead atoms. The van der Waals surface area contributed by atoms with E-state index in [1.54, 1.807) is 0 Å². The van der Waals surface area contributed by atoms with E-state index in [0.717, 1.165) is 31.6 Å². The molecule has 2 unspecified atom stereocenters. The minimum atomic E-state index is -0.431. The van der Waals surface area contributed by atoms with E-state index in [1.807, 2.05) is 18.7 Å². The van der Waals surface area contributed by atoms with Crippen LogP contribution in [0.5, 0.6) is 0 Å². The molecule has 0 heterocycles. The second-order valence-electron chi connectivity index (χ2n) is 3.40. The third kappa shape index (κ3) is 2.36. The predicted molar refractivity (Wildman–Crippen MR) is 49.8 cm³/mol. The highest BCUT2D eigenvalue weighted by molar-refractivity contribution is 8.00. The first kappa shape index (κ1) is 9.36. The number of nitrogens with two attached hydrogens (primary N) is 1. The van der Waals surface area contributed by atoms with Crippen molar-refractivity contribution >= 4 is 11.8 Å². The van der Waals surface area contributed by atoms with Crippen molar-refractivity contribution in [2.24, 2.45) is 5.73 Å². The van der Waals surface area contributed by atoms with Crippen LogP contribution >= 0.6 is 11.8 Å². The van der Waals surface area contributed by atoms with Crippen molar-refractivity contribution < 1.29 is 5.11 Å². The number of aliphatic hydroxyl groups is 1. The Labute approximate surface area is 72.5 Å². The van der Waals surface area contributed by atoms with Crippen molar-refractivity contribution in [3.63, 3.8) is 0 Å². The van der Waals surface area contributed by atoms with Gasteiger partial charge in [-0.3, -0.25) is 0 Å². The molecule has 3 N–H and O–H groups in total. The lowest BCUT2D eigenvalue weighted by Crippen LogP contribution is -2.31. The number of hydrogen-bond donors (Lipinski definition) is 2. The van der Waals surface area contributed by atoms with Crippen LogP contribution in [0.1, 0.15) is 26.2 Å². The Morgan fingerprint density at radius 2 is 2.45 bits per heavy atom. The number of hydrogen-bond acceptors (Lipinski definition) is 3. The lowest BCUT2D eigenvalue weighted by atomic mass is 10.1. The van der Waals surface area contributed by atoms with Crippen LogP contribution in [-0.2, 0) is 0 Å². The second-order valence-corrected chi connectivity index (χ2v) is 4.71. The van der Waals surface area contributed by atoms with Crippen molar-refractivity contribution in [3.8, 4) is 0 Å². The molecule has 0 amide bonds. The van der Waals surface area contributed by atoms with Crippen LogP contribution in [0.3, 0.4) is 0 Å². The average Bonchev–Trinajstić information content (AvgIpc) is 2.25. The third-order valence-corrected chi connectivity index (χ3v) is 3.90. The largest absolute Gasteiger partial charge is 0.389 e. The standard InChI is InChI=1S/C8H17NOS/c1-8(10)4-2-3-7(8)11-6-5-9/h7,10H,2-6,9H2,1H3. The van der Waals surface area contributed by atoms with Gasteiger partial charge in [0.15, 0.2) is 0 Å². The summed E-state index contributed by atoms with van der Waals surface area (Å²) in [5.74, 6) is 0.973. The first-order valence-electron chi connectivity index (χ1n) is 4.21. The quantitative estimate of drug-likeness (QED) is 0.672. The van der Waals surface area contributed by atoms with Crippen LogP contribution in [-0.4, -0.2) is 28.3 Å². The zero-order chi connectivity index (χ0) is 8.32. The summed E-state index contributed by atoms with van der Waals surface area (Å²) >= 11 is 1.82. The molecule has 3 heteroatoms. The molecule has 0 aromatic heterocycles. The molecule has 1 fully saturated rings. The number of thioether (sulfide) groups is 1. The van der Waals surface area contributed by atoms with Gasteiger partial charge in [0.1, 0.15) is 0 Å². The van der Waals surface area contributed by atoms with Gasteiger partial charge in [0.2, 0.25) is 0 Å². The van der Waals surface area contributed by atoms with Gasteiger partial charge in [-0.2, -0.15) is 11.8 Å². The summed E-state index contributed by atoms with van der Waals surface area (Å²) in [7, 11) is 0. The van der Waals surface area contributed by atoms with E-state index in [0.29, 0.717) is 5.25 Å². The molecule has 2 nitrogen and oxygen atoms in total. The van der Waals surface area contributed by atoms with Gasteiger partial charge in [-0.25, -0.2) is 0 Å². The van der Waals surface area contributed by atoms with Gasteiger partial charge >= 0.3 is 0 Å². The van der Waals surface area contributed by atoms with E-state index in [9.17, 15) is 5.11 Å². The molecule has 11 heavy (non-hydrogen) atoms. The Morgan fingerprint density at radius 1 is 1.73 bits per heavy atom. The molecule has 0 aromatic rings. The Kier molecular flexibility index (Phi) is 3.22. The highest BCUT2D eigenvalue weighted by Gasteiger charge is 2.36. The summed E-state index contributed by atoms with van der Waals surface area (Å²) in [6, 6.07) is 0. The molecule has 2 atom stereocenters. The molecule has 1 saturated carbocycles. The Hall–Kier alpha value is 0.270. The molecule has 0 aromatic carbocycles. The molecular weight excluding hydrogens is 158 g/mol. The first-order valence-corrected chi connectivity index (χ1v) is 5.26. The van der Waals surface area contributed by atoms with Crippen LogP contribution in [0.15, 0.2) is 0 Å². The normalized spacial score (nSPS) is 37.9. The zero-order valence-electron chi connectivity index (χ0n) is 7.05. The molecule has 1 rings (SSSR count). The molecule has 1 aliphatic rings. The lowest BCUT2D eigenvalue weighted by molar-refractivity contribution is 0.0734. The maximum atomic E-state index is 9.82. The molecule has 0 spiro atoms. The van der Waals surface area contributed by atoms with Crippen molar-refractivity contribution in [2.75, 3.05) is 12.3 Å². The monoisotopic (exact) mass is 175 g/mol. The Balaban J connectivity index is 2.32. The lowest BCUT2D eigenvalue weighted by Gasteiger charge is -2.24. The van der Waals surface area contributed by atoms with Gasteiger partial charge in [-0.1, -0.05) is 0 Å². The Morgan fingerprint density at radius 3 is 2.91 bits per heavy atom. The van der Waals surface area contributed by atoms with Crippen LogP contribution in [0.25, 0.3) is 0 Å². The molecule has 0 saturated heterocycles. The van der Waals surface area contributed by atoms with E-state index in [4.69, 9.17) is 5.73 Å². The van der Waals surface area contributed by atoms with E-state index in [1.165, 1.54) is 0 Å². The fourth-order valence-electron chi connectivity index (χ4n) is 1.59. The predicted octanol–water partition coefficient (Wildman–Crippen LogP) is 0.982. The summed E-state index contributed by atoms with van der Waals surface area (Å²) in [4.78, 5) is 0. The molecule has 0 aliphatic heterocycles. The van der Waals surface area contributed by atoms with Crippen LogP contribution < -0.4 is 5.73 Å². The SMILES string of the molecule is CC1(O)CCCC1SCCN. The first-order chi connectivity index (χ1) is 5.17. The minimum Gasteiger partial charge on any atom is -0.389 e. The van der Waals surface area contributed by atoms with Gasteiger partial charge in [0.25, 0.3) is 0 Å². The number of rotatable bonds is 3. The molecule has 1 aliphatic carbocycles. The fourth-order valence-corrected chi connectivity index (χ4v) is 2.82. The second kappa shape index (κ2) is 3.78. The van der Waals surface area contributed by atoms with Gasteiger partial charge < -0.3 is 10.8 Å². The molecule has 0 radical (unpaired) electrons. The van der Waals surface area contributed by atoms with Crippen LogP contribution in [0.4, 0.5) is 0 Å². The van der Waals surface area contributed by atoms with Crippen molar-refractivity contribution in [1.29, 1.82) is 0 Å². The van der Waals surface area contributed by atoms with E-state index in [-0.39, 0.29) is 0 Å². The van der Waals surface area contributed by atoms with Crippen LogP contribution in [0.2, 0.25) is 0 Å². The molecule has 66 valence electrons. The van der Waals surface area contributed by atoms with E-state index in [2.05, 4.69) is 0 Å². The van der Waals surface area contributed by atoms with Gasteiger partial charge in [-0.05, 0) is 26.2 Å². The average molecular weight is 175 g/mol. The van der Waals surface area contributed by atoms with Gasteiger partial charge in [0.05, 0.1) is 5.60 Å². The summed E-state index contributed by atoms with van der Waals surface area (Å²) in [5, 5.41) is 10.2. The maximum Gasteiger partial charge on any atom is 0.0737 e. The minimum absolute atomic E-state index is 0.422. The van der Waals surface area contributed by atoms with Gasteiger partial charge in [0, 0.05) is 17.5 Å². The maximum absolute atomic E-state index is 9.82. The fraction of sp³-hybridized carbons (Fsp3) is 1.00. The van der Waals surface area contributed by atoms with Crippen molar-refractivity contribution in [2.45, 2.75) is 37.0 Å². The summed E-state index contributed by atoms with van der Waals surface area (Å²) < 4.78 is 0. The van der Waals surface area contributed by atoms with Gasteiger partial charge in [-0.15, -0.1) is 0 Å². The highest BCUT2D eigenvalue weighted by Crippen LogP contribution is 2.37. The van der Waals surface area contributed by atoms with E-state index < -0.39 is 5.60 Å². The topological polar surface area (TPSA) is 46.2 Å². The Bertz CT molecular complexity index is 127. The van der Waals surface area contributed by atoms with Crippen LogP contribution in [0, 0.1) is 0 Å². The zero-order valence-corrected chi connectivity index (χ0v) is 7.86. The molecular formula is C8H17NOS. The third-order valence-electron chi connectivity index (χ3n) is 2.28. The summed E-state index contributed by atoms with van der Waals surface area (Å²) in [6.45, 7) is 2.66. The summed E-state index contributed by atoms with van der Waals surface area (Å²) in [6.07, 6.45) is 3.27. The smallest absolute Gasteiger partial charge is 0.0737 e. The van der Waals surface area contributed by atoms with Crippen molar-refractivity contribution in [1.82, 2.24) is 0 Å². The van der Waals surface area contributed by atoms with Crippen molar-refractivity contribution in [3.05, 3.63) is 0 Å². The highest BCUT2D eigenvalue weighted by atomic mass is 32.2. The van der Waals surface area contributed by atoms with E-state index >= 15 is 0 Å².